The second kappa shape index (κ2) is 11.9. The first-order valence-corrected chi connectivity index (χ1v) is 16.4. The molecular weight excluding hydrogens is 603 g/mol. The standard InChI is InChI=1S/C44H31N3O2/c48-44-39-24-21-36(27-31(39)30-49-44)47-42-25-22-37(45(32-13-5-1-6-14-32)33-15-7-2-8-16-33)28-40(42)41-29-38(23-26-43(41)47)46(34-17-9-3-10-18-34)35-19-11-4-12-20-35/h1-29H,30H2. The lowest BCUT2D eigenvalue weighted by Crippen LogP contribution is -2.09. The van der Waals surface area contributed by atoms with Gasteiger partial charge in [0.25, 0.3) is 0 Å². The molecule has 9 rings (SSSR count). The normalized spacial score (nSPS) is 12.2. The maximum absolute atomic E-state index is 12.3. The van der Waals surface area contributed by atoms with Gasteiger partial charge in [-0.2, -0.15) is 0 Å². The summed E-state index contributed by atoms with van der Waals surface area (Å²) >= 11 is 0. The Morgan fingerprint density at radius 1 is 0.449 bits per heavy atom. The van der Waals surface area contributed by atoms with Crippen molar-refractivity contribution in [2.75, 3.05) is 9.80 Å². The quantitative estimate of drug-likeness (QED) is 0.164. The largest absolute Gasteiger partial charge is 0.457 e. The van der Waals surface area contributed by atoms with Crippen molar-refractivity contribution in [1.82, 2.24) is 4.57 Å². The number of benzene rings is 7. The Labute approximate surface area is 284 Å². The summed E-state index contributed by atoms with van der Waals surface area (Å²) in [5.41, 5.74) is 11.1. The number of rotatable bonds is 7. The molecule has 0 atom stereocenters. The van der Waals surface area contributed by atoms with Gasteiger partial charge >= 0.3 is 5.97 Å². The van der Waals surface area contributed by atoms with Crippen molar-refractivity contribution >= 4 is 61.9 Å². The number of carbonyl (C=O) groups excluding carboxylic acids is 1. The molecule has 0 saturated heterocycles. The summed E-state index contributed by atoms with van der Waals surface area (Å²) in [4.78, 5) is 16.9. The number of ether oxygens (including phenoxy) is 1. The van der Waals surface area contributed by atoms with Crippen LogP contribution in [0.4, 0.5) is 34.1 Å². The first kappa shape index (κ1) is 28.6. The van der Waals surface area contributed by atoms with Gasteiger partial charge in [0.2, 0.25) is 0 Å². The van der Waals surface area contributed by atoms with Gasteiger partial charge in [-0.1, -0.05) is 72.8 Å². The summed E-state index contributed by atoms with van der Waals surface area (Å²) in [6.45, 7) is 0.291. The predicted molar refractivity (Wildman–Crippen MR) is 199 cm³/mol. The molecule has 0 spiro atoms. The SMILES string of the molecule is O=C1OCc2cc(-n3c4ccc(N(c5ccccc5)c5ccccc5)cc4c4cc(N(c5ccccc5)c5ccccc5)ccc43)ccc21. The van der Waals surface area contributed by atoms with Crippen LogP contribution in [-0.2, 0) is 11.3 Å². The molecule has 0 aliphatic carbocycles. The molecule has 1 aliphatic rings. The molecule has 7 aromatic carbocycles. The van der Waals surface area contributed by atoms with Crippen LogP contribution in [0, 0.1) is 0 Å². The molecule has 0 amide bonds. The van der Waals surface area contributed by atoms with Gasteiger partial charge in [-0.25, -0.2) is 4.79 Å². The van der Waals surface area contributed by atoms with Crippen molar-refractivity contribution in [2.45, 2.75) is 6.61 Å². The monoisotopic (exact) mass is 633 g/mol. The number of fused-ring (bicyclic) bond motifs is 4. The molecule has 0 unspecified atom stereocenters. The van der Waals surface area contributed by atoms with Gasteiger partial charge in [-0.15, -0.1) is 0 Å². The second-order valence-electron chi connectivity index (χ2n) is 12.2. The lowest BCUT2D eigenvalue weighted by atomic mass is 10.1. The first-order chi connectivity index (χ1) is 24.2. The Kier molecular flexibility index (Phi) is 6.95. The van der Waals surface area contributed by atoms with Gasteiger partial charge < -0.3 is 19.1 Å². The van der Waals surface area contributed by atoms with E-state index in [-0.39, 0.29) is 5.97 Å². The van der Waals surface area contributed by atoms with Crippen LogP contribution in [0.1, 0.15) is 15.9 Å². The number of anilines is 6. The Balaban J connectivity index is 1.30. The maximum Gasteiger partial charge on any atom is 0.338 e. The summed E-state index contributed by atoms with van der Waals surface area (Å²) in [5, 5.41) is 2.25. The number of para-hydroxylation sites is 4. The summed E-state index contributed by atoms with van der Waals surface area (Å²) in [5.74, 6) is -0.262. The van der Waals surface area contributed by atoms with E-state index in [4.69, 9.17) is 4.74 Å². The van der Waals surface area contributed by atoms with Gasteiger partial charge in [0, 0.05) is 56.1 Å². The van der Waals surface area contributed by atoms with E-state index in [1.807, 2.05) is 36.4 Å². The Morgan fingerprint density at radius 2 is 0.878 bits per heavy atom. The number of cyclic esters (lactones) is 1. The number of aromatic nitrogens is 1. The van der Waals surface area contributed by atoms with Gasteiger partial charge in [0.05, 0.1) is 16.6 Å². The van der Waals surface area contributed by atoms with E-state index in [0.29, 0.717) is 12.2 Å². The van der Waals surface area contributed by atoms with E-state index >= 15 is 0 Å². The molecule has 8 aromatic rings. The maximum atomic E-state index is 12.3. The van der Waals surface area contributed by atoms with Crippen molar-refractivity contribution in [3.8, 4) is 5.69 Å². The molecule has 0 saturated carbocycles. The number of hydrogen-bond donors (Lipinski definition) is 0. The lowest BCUT2D eigenvalue weighted by molar-refractivity contribution is 0.0535. The first-order valence-electron chi connectivity index (χ1n) is 16.4. The van der Waals surface area contributed by atoms with Crippen LogP contribution < -0.4 is 9.80 Å². The van der Waals surface area contributed by atoms with E-state index in [1.165, 1.54) is 0 Å². The van der Waals surface area contributed by atoms with Gasteiger partial charge in [0.1, 0.15) is 6.61 Å². The summed E-state index contributed by atoms with van der Waals surface area (Å²) in [7, 11) is 0. The second-order valence-corrected chi connectivity index (χ2v) is 12.2. The number of esters is 1. The van der Waals surface area contributed by atoms with E-state index in [1.54, 1.807) is 0 Å². The molecule has 2 heterocycles. The van der Waals surface area contributed by atoms with Gasteiger partial charge in [-0.05, 0) is 103 Å². The fourth-order valence-electron chi connectivity index (χ4n) is 7.02. The topological polar surface area (TPSA) is 37.7 Å². The minimum absolute atomic E-state index is 0.262. The average Bonchev–Trinajstić information content (AvgIpc) is 3.70. The highest BCUT2D eigenvalue weighted by molar-refractivity contribution is 6.12. The molecular formula is C44H31N3O2. The zero-order chi connectivity index (χ0) is 32.7. The van der Waals surface area contributed by atoms with Crippen LogP contribution in [0.5, 0.6) is 0 Å². The number of hydrogen-bond acceptors (Lipinski definition) is 4. The smallest absolute Gasteiger partial charge is 0.338 e. The predicted octanol–water partition coefficient (Wildman–Crippen LogP) is 11.4. The minimum atomic E-state index is -0.262. The number of carbonyl (C=O) groups is 1. The molecule has 0 bridgehead atoms. The molecule has 234 valence electrons. The molecule has 1 aliphatic heterocycles. The van der Waals surface area contributed by atoms with Gasteiger partial charge in [-0.3, -0.25) is 0 Å². The highest BCUT2D eigenvalue weighted by Gasteiger charge is 2.24. The molecule has 0 fully saturated rings. The highest BCUT2D eigenvalue weighted by atomic mass is 16.5. The highest BCUT2D eigenvalue weighted by Crippen LogP contribution is 2.42. The zero-order valence-electron chi connectivity index (χ0n) is 26.6. The van der Waals surface area contributed by atoms with E-state index in [9.17, 15) is 4.79 Å². The zero-order valence-corrected chi connectivity index (χ0v) is 26.6. The third kappa shape index (κ3) is 5.00. The third-order valence-electron chi connectivity index (χ3n) is 9.23. The van der Waals surface area contributed by atoms with Gasteiger partial charge in [0.15, 0.2) is 0 Å². The third-order valence-corrected chi connectivity index (χ3v) is 9.23. The summed E-state index contributed by atoms with van der Waals surface area (Å²) in [6, 6.07) is 61.3. The van der Waals surface area contributed by atoms with Crippen molar-refractivity contribution < 1.29 is 9.53 Å². The Bertz CT molecular complexity index is 2240. The molecule has 1 aromatic heterocycles. The Morgan fingerprint density at radius 3 is 1.31 bits per heavy atom. The van der Waals surface area contributed by atoms with Crippen LogP contribution >= 0.6 is 0 Å². The fraction of sp³-hybridized carbons (Fsp3) is 0.0227. The van der Waals surface area contributed by atoms with Crippen LogP contribution in [0.2, 0.25) is 0 Å². The number of nitrogens with zero attached hydrogens (tertiary/aromatic N) is 3. The Hall–Kier alpha value is -6.59. The van der Waals surface area contributed by atoms with E-state index in [2.05, 4.69) is 154 Å². The summed E-state index contributed by atoms with van der Waals surface area (Å²) in [6.07, 6.45) is 0. The van der Waals surface area contributed by atoms with E-state index < -0.39 is 0 Å². The lowest BCUT2D eigenvalue weighted by Gasteiger charge is -2.26. The summed E-state index contributed by atoms with van der Waals surface area (Å²) < 4.78 is 7.66. The average molecular weight is 634 g/mol. The van der Waals surface area contributed by atoms with Crippen molar-refractivity contribution in [3.63, 3.8) is 0 Å². The molecule has 0 radical (unpaired) electrons. The molecule has 5 nitrogen and oxygen atoms in total. The van der Waals surface area contributed by atoms with Crippen LogP contribution in [0.25, 0.3) is 27.5 Å². The van der Waals surface area contributed by atoms with Crippen molar-refractivity contribution in [2.24, 2.45) is 0 Å². The van der Waals surface area contributed by atoms with Crippen molar-refractivity contribution in [1.29, 1.82) is 0 Å². The minimum Gasteiger partial charge on any atom is -0.457 e. The molecule has 49 heavy (non-hydrogen) atoms. The van der Waals surface area contributed by atoms with Crippen molar-refractivity contribution in [3.05, 3.63) is 187 Å². The van der Waals surface area contributed by atoms with Crippen LogP contribution in [-0.4, -0.2) is 10.5 Å². The van der Waals surface area contributed by atoms with Crippen LogP contribution in [0.3, 0.4) is 0 Å². The molecule has 0 N–H and O–H groups in total. The molecule has 5 heteroatoms. The van der Waals surface area contributed by atoms with Crippen LogP contribution in [0.15, 0.2) is 176 Å². The van der Waals surface area contributed by atoms with E-state index in [0.717, 1.165) is 67.2 Å². The fourth-order valence-corrected chi connectivity index (χ4v) is 7.02.